The molecule has 0 radical (unpaired) electrons. The number of carbonyl (C=O) groups excluding carboxylic acids is 3. The number of nitrogens with two attached hydrogens (primary N) is 2. The lowest BCUT2D eigenvalue weighted by atomic mass is 9.60. The van der Waals surface area contributed by atoms with E-state index < -0.39 is 63.9 Å². The minimum Gasteiger partial charge on any atom is -0.511 e. The molecule has 9 heteroatoms. The van der Waals surface area contributed by atoms with E-state index in [1.807, 2.05) is 13.8 Å². The monoisotopic (exact) mass is 469 g/mol. The van der Waals surface area contributed by atoms with E-state index in [1.165, 1.54) is 6.07 Å². The first kappa shape index (κ1) is 24.0. The Kier molecular flexibility index (Phi) is 5.61. The largest absolute Gasteiger partial charge is 0.511 e. The highest BCUT2D eigenvalue weighted by molar-refractivity contribution is 6.22. The molecule has 182 valence electrons. The number of rotatable bonds is 4. The third-order valence-electron chi connectivity index (χ3n) is 7.19. The number of nitrogens with zero attached hydrogens (tertiary/aromatic N) is 1. The van der Waals surface area contributed by atoms with Crippen LogP contribution in [-0.4, -0.2) is 63.4 Å². The fourth-order valence-corrected chi connectivity index (χ4v) is 5.99. The summed E-state index contributed by atoms with van der Waals surface area (Å²) in [6, 6.07) is 2.47. The van der Waals surface area contributed by atoms with Crippen molar-refractivity contribution in [1.82, 2.24) is 4.90 Å². The highest BCUT2D eigenvalue weighted by Crippen LogP contribution is 2.50. The third kappa shape index (κ3) is 3.59. The van der Waals surface area contributed by atoms with Gasteiger partial charge in [-0.15, -0.1) is 0 Å². The summed E-state index contributed by atoms with van der Waals surface area (Å²) in [6.45, 7) is 3.75. The van der Waals surface area contributed by atoms with Gasteiger partial charge >= 0.3 is 0 Å². The van der Waals surface area contributed by atoms with Crippen LogP contribution < -0.4 is 11.5 Å². The Hall–Kier alpha value is -3.17. The topological polar surface area (TPSA) is 167 Å². The Bertz CT molecular complexity index is 1170. The van der Waals surface area contributed by atoms with Crippen LogP contribution >= 0.6 is 0 Å². The summed E-state index contributed by atoms with van der Waals surface area (Å²) in [4.78, 5) is 40.4. The Morgan fingerprint density at radius 3 is 2.35 bits per heavy atom. The average molecular weight is 470 g/mol. The number of benzene rings is 1. The first-order valence-corrected chi connectivity index (χ1v) is 11.3. The predicted octanol–water partition coefficient (Wildman–Crippen LogP) is 1.29. The molecule has 9 nitrogen and oxygen atoms in total. The van der Waals surface area contributed by atoms with Gasteiger partial charge in [-0.25, -0.2) is 0 Å². The van der Waals surface area contributed by atoms with E-state index in [1.54, 1.807) is 25.1 Å². The number of primary amides is 1. The van der Waals surface area contributed by atoms with Crippen LogP contribution in [0.2, 0.25) is 0 Å². The number of aliphatic hydroxyl groups excluding tert-OH is 2. The summed E-state index contributed by atoms with van der Waals surface area (Å²) in [5.41, 5.74) is 12.2. The molecular weight excluding hydrogens is 438 g/mol. The van der Waals surface area contributed by atoms with E-state index in [0.717, 1.165) is 5.56 Å². The standard InChI is InChI=1S/C25H31N3O6/c1-25(2,27)9-10-5-6-14(29)16-12(10)7-11-8-13-17(21(31)15(11)20(16)30)22(32)18(24(26)34)23(33)19(13)28(3)4/h5-6,11,13,17,19,29,31,33H,7-9,27H2,1-4H3,(H2,26,34)/t11?,13?,17?,19-/m0/s1. The summed E-state index contributed by atoms with van der Waals surface area (Å²) >= 11 is 0. The predicted molar refractivity (Wildman–Crippen MR) is 124 cm³/mol. The minimum atomic E-state index is -1.18. The molecular formula is C25H31N3O6. The molecule has 1 amide bonds. The van der Waals surface area contributed by atoms with Crippen molar-refractivity contribution >= 4 is 17.5 Å². The second-order valence-electron chi connectivity index (χ2n) is 10.6. The van der Waals surface area contributed by atoms with Crippen LogP contribution in [0.3, 0.4) is 0 Å². The number of hydrogen-bond donors (Lipinski definition) is 5. The number of carbonyl (C=O) groups is 3. The van der Waals surface area contributed by atoms with Gasteiger partial charge in [0.15, 0.2) is 11.6 Å². The molecule has 0 aliphatic heterocycles. The van der Waals surface area contributed by atoms with Crippen LogP contribution in [0, 0.1) is 17.8 Å². The number of amides is 1. The molecule has 3 aliphatic rings. The molecule has 4 atom stereocenters. The lowest BCUT2D eigenvalue weighted by molar-refractivity contribution is -0.127. The lowest BCUT2D eigenvalue weighted by Gasteiger charge is -2.46. The molecule has 0 heterocycles. The van der Waals surface area contributed by atoms with E-state index >= 15 is 0 Å². The Morgan fingerprint density at radius 2 is 1.79 bits per heavy atom. The smallest absolute Gasteiger partial charge is 0.255 e. The van der Waals surface area contributed by atoms with Crippen LogP contribution in [0.15, 0.2) is 34.8 Å². The van der Waals surface area contributed by atoms with E-state index in [0.29, 0.717) is 24.8 Å². The Labute approximate surface area is 197 Å². The number of allylic oxidation sites excluding steroid dienone is 2. The van der Waals surface area contributed by atoms with E-state index in [4.69, 9.17) is 11.5 Å². The van der Waals surface area contributed by atoms with Gasteiger partial charge in [0, 0.05) is 11.1 Å². The van der Waals surface area contributed by atoms with Gasteiger partial charge in [-0.2, -0.15) is 0 Å². The minimum absolute atomic E-state index is 0.0734. The second-order valence-corrected chi connectivity index (χ2v) is 10.6. The zero-order chi connectivity index (χ0) is 25.3. The van der Waals surface area contributed by atoms with Crippen molar-refractivity contribution in [3.63, 3.8) is 0 Å². The molecule has 7 N–H and O–H groups in total. The van der Waals surface area contributed by atoms with Gasteiger partial charge in [0.25, 0.3) is 5.91 Å². The van der Waals surface area contributed by atoms with Crippen LogP contribution in [0.1, 0.15) is 41.8 Å². The van der Waals surface area contributed by atoms with Crippen molar-refractivity contribution < 1.29 is 29.7 Å². The molecule has 1 aromatic carbocycles. The van der Waals surface area contributed by atoms with Crippen LogP contribution in [0.4, 0.5) is 0 Å². The highest BCUT2D eigenvalue weighted by atomic mass is 16.3. The third-order valence-corrected chi connectivity index (χ3v) is 7.19. The Morgan fingerprint density at radius 1 is 1.15 bits per heavy atom. The van der Waals surface area contributed by atoms with Crippen molar-refractivity contribution in [2.75, 3.05) is 14.1 Å². The number of ketones is 2. The van der Waals surface area contributed by atoms with Crippen molar-refractivity contribution in [3.05, 3.63) is 51.5 Å². The van der Waals surface area contributed by atoms with Crippen molar-refractivity contribution in [2.45, 2.75) is 44.7 Å². The van der Waals surface area contributed by atoms with Crippen molar-refractivity contribution in [3.8, 4) is 5.75 Å². The molecule has 34 heavy (non-hydrogen) atoms. The molecule has 0 saturated carbocycles. The van der Waals surface area contributed by atoms with Crippen LogP contribution in [0.5, 0.6) is 5.75 Å². The number of Topliss-reactive ketones (excluding diaryl/α,β-unsaturated/α-hetero) is 2. The molecule has 0 saturated heterocycles. The van der Waals surface area contributed by atoms with Gasteiger partial charge in [-0.3, -0.25) is 19.3 Å². The van der Waals surface area contributed by atoms with Crippen LogP contribution in [-0.2, 0) is 22.4 Å². The SMILES string of the molecule is CN(C)[C@@H]1C(O)=C(C(N)=O)C(=O)C2C(O)=C3C(=O)c4c(O)ccc(CC(C)(C)N)c4CC3CC21. The fraction of sp³-hybridized carbons (Fsp3) is 0.480. The zero-order valence-corrected chi connectivity index (χ0v) is 19.8. The highest BCUT2D eigenvalue weighted by Gasteiger charge is 2.54. The summed E-state index contributed by atoms with van der Waals surface area (Å²) in [5, 5.41) is 32.6. The van der Waals surface area contributed by atoms with Gasteiger partial charge in [0.2, 0.25) is 0 Å². The first-order valence-electron chi connectivity index (χ1n) is 11.3. The molecule has 3 aliphatic carbocycles. The maximum atomic E-state index is 13.6. The summed E-state index contributed by atoms with van der Waals surface area (Å²) < 4.78 is 0. The van der Waals surface area contributed by atoms with E-state index in [2.05, 4.69) is 0 Å². The maximum Gasteiger partial charge on any atom is 0.255 e. The molecule has 1 aromatic rings. The average Bonchev–Trinajstić information content (AvgIpc) is 2.68. The van der Waals surface area contributed by atoms with Gasteiger partial charge in [0.05, 0.1) is 17.5 Å². The van der Waals surface area contributed by atoms with Crippen LogP contribution in [0.25, 0.3) is 0 Å². The van der Waals surface area contributed by atoms with Crippen molar-refractivity contribution in [2.24, 2.45) is 29.2 Å². The normalized spacial score (nSPS) is 27.0. The fourth-order valence-electron chi connectivity index (χ4n) is 5.99. The quantitative estimate of drug-likeness (QED) is 0.411. The van der Waals surface area contributed by atoms with Gasteiger partial charge in [-0.05, 0) is 76.2 Å². The van der Waals surface area contributed by atoms with Gasteiger partial charge < -0.3 is 26.8 Å². The number of fused-ring (bicyclic) bond motifs is 3. The summed E-state index contributed by atoms with van der Waals surface area (Å²) in [5.74, 6) is -5.62. The number of hydrogen-bond acceptors (Lipinski definition) is 8. The Balaban J connectivity index is 1.89. The number of likely N-dealkylation sites (N-methyl/N-ethyl adjacent to an activating group) is 1. The van der Waals surface area contributed by atoms with Crippen molar-refractivity contribution in [1.29, 1.82) is 0 Å². The zero-order valence-electron chi connectivity index (χ0n) is 19.8. The number of phenolic OH excluding ortho intramolecular Hbond substituents is 1. The molecule has 0 bridgehead atoms. The summed E-state index contributed by atoms with van der Waals surface area (Å²) in [7, 11) is 3.40. The first-order chi connectivity index (χ1) is 15.7. The number of aliphatic hydroxyl groups is 2. The van der Waals surface area contributed by atoms with E-state index in [-0.39, 0.29) is 16.9 Å². The number of phenols is 1. The number of aromatic hydroxyl groups is 1. The molecule has 0 fully saturated rings. The second kappa shape index (κ2) is 7.95. The van der Waals surface area contributed by atoms with E-state index in [9.17, 15) is 29.7 Å². The van der Waals surface area contributed by atoms with Gasteiger partial charge in [-0.1, -0.05) is 6.07 Å². The molecule has 4 rings (SSSR count). The molecule has 3 unspecified atom stereocenters. The summed E-state index contributed by atoms with van der Waals surface area (Å²) in [6.07, 6.45) is 1.17. The van der Waals surface area contributed by atoms with Gasteiger partial charge in [0.1, 0.15) is 22.8 Å². The molecule has 0 spiro atoms. The maximum absolute atomic E-state index is 13.6. The lowest BCUT2D eigenvalue weighted by Crippen LogP contribution is -2.53. The molecule has 0 aromatic heterocycles.